The Bertz CT molecular complexity index is 586. The SMILES string of the molecule is COc1cc(C(Cl)c2sccc2Cl)c(OC)cc1Br. The molecular formula is C13H11BrCl2O2S. The molecule has 0 fully saturated rings. The third-order valence-electron chi connectivity index (χ3n) is 2.65. The van der Waals surface area contributed by atoms with Gasteiger partial charge in [-0.25, -0.2) is 0 Å². The van der Waals surface area contributed by atoms with E-state index >= 15 is 0 Å². The Kier molecular flexibility index (Phi) is 5.01. The fraction of sp³-hybridized carbons (Fsp3) is 0.231. The molecule has 0 aliphatic carbocycles. The molecule has 1 heterocycles. The third kappa shape index (κ3) is 3.02. The van der Waals surface area contributed by atoms with E-state index in [-0.39, 0.29) is 5.38 Å². The fourth-order valence-corrected chi connectivity index (χ4v) is 3.85. The van der Waals surface area contributed by atoms with Gasteiger partial charge < -0.3 is 9.47 Å². The van der Waals surface area contributed by atoms with E-state index in [0.717, 1.165) is 14.9 Å². The number of alkyl halides is 1. The molecule has 0 N–H and O–H groups in total. The summed E-state index contributed by atoms with van der Waals surface area (Å²) in [6.45, 7) is 0. The lowest BCUT2D eigenvalue weighted by Gasteiger charge is -2.16. The van der Waals surface area contributed by atoms with E-state index < -0.39 is 0 Å². The molecule has 6 heteroatoms. The van der Waals surface area contributed by atoms with E-state index in [9.17, 15) is 0 Å². The molecular weight excluding hydrogens is 371 g/mol. The van der Waals surface area contributed by atoms with Gasteiger partial charge in [0.15, 0.2) is 0 Å². The van der Waals surface area contributed by atoms with Crippen LogP contribution in [-0.4, -0.2) is 14.2 Å². The fourth-order valence-electron chi connectivity index (χ4n) is 1.71. The number of halogens is 3. The van der Waals surface area contributed by atoms with Gasteiger partial charge in [-0.1, -0.05) is 11.6 Å². The molecule has 1 unspecified atom stereocenters. The minimum absolute atomic E-state index is 0.371. The summed E-state index contributed by atoms with van der Waals surface area (Å²) in [7, 11) is 3.22. The van der Waals surface area contributed by atoms with Crippen molar-refractivity contribution < 1.29 is 9.47 Å². The average Bonchev–Trinajstić information content (AvgIpc) is 2.83. The molecule has 102 valence electrons. The minimum Gasteiger partial charge on any atom is -0.496 e. The maximum atomic E-state index is 6.52. The van der Waals surface area contributed by atoms with Crippen molar-refractivity contribution >= 4 is 50.5 Å². The molecule has 2 nitrogen and oxygen atoms in total. The van der Waals surface area contributed by atoms with Gasteiger partial charge in [0.25, 0.3) is 0 Å². The molecule has 0 radical (unpaired) electrons. The van der Waals surface area contributed by atoms with Gasteiger partial charge in [0.2, 0.25) is 0 Å². The van der Waals surface area contributed by atoms with E-state index in [4.69, 9.17) is 32.7 Å². The van der Waals surface area contributed by atoms with Crippen LogP contribution in [0.5, 0.6) is 11.5 Å². The van der Waals surface area contributed by atoms with Crippen LogP contribution in [0.1, 0.15) is 15.8 Å². The number of hydrogen-bond donors (Lipinski definition) is 0. The largest absolute Gasteiger partial charge is 0.496 e. The first-order valence-electron chi connectivity index (χ1n) is 5.36. The van der Waals surface area contributed by atoms with Crippen molar-refractivity contribution in [1.82, 2.24) is 0 Å². The van der Waals surface area contributed by atoms with Gasteiger partial charge in [-0.15, -0.1) is 22.9 Å². The monoisotopic (exact) mass is 380 g/mol. The number of hydrogen-bond acceptors (Lipinski definition) is 3. The van der Waals surface area contributed by atoms with Crippen LogP contribution in [0.15, 0.2) is 28.1 Å². The predicted molar refractivity (Wildman–Crippen MR) is 84.3 cm³/mol. The molecule has 0 aliphatic rings. The van der Waals surface area contributed by atoms with E-state index in [1.165, 1.54) is 11.3 Å². The highest BCUT2D eigenvalue weighted by atomic mass is 79.9. The Morgan fingerprint density at radius 2 is 1.89 bits per heavy atom. The molecule has 2 rings (SSSR count). The molecule has 2 aromatic rings. The van der Waals surface area contributed by atoms with Crippen molar-refractivity contribution in [2.45, 2.75) is 5.38 Å². The summed E-state index contributed by atoms with van der Waals surface area (Å²) in [6.07, 6.45) is 0. The van der Waals surface area contributed by atoms with E-state index in [0.29, 0.717) is 16.5 Å². The van der Waals surface area contributed by atoms with Gasteiger partial charge in [-0.2, -0.15) is 0 Å². The number of ether oxygens (including phenoxy) is 2. The quantitative estimate of drug-likeness (QED) is 0.650. The van der Waals surface area contributed by atoms with Gasteiger partial charge in [-0.05, 0) is 39.5 Å². The summed E-state index contributed by atoms with van der Waals surface area (Å²) in [6, 6.07) is 5.53. The zero-order chi connectivity index (χ0) is 14.0. The Labute approximate surface area is 134 Å². The summed E-state index contributed by atoms with van der Waals surface area (Å²) in [5.74, 6) is 1.39. The molecule has 1 atom stereocenters. The number of benzene rings is 1. The van der Waals surface area contributed by atoms with Crippen LogP contribution in [0.25, 0.3) is 0 Å². The van der Waals surface area contributed by atoms with Crippen LogP contribution in [0.4, 0.5) is 0 Å². The Morgan fingerprint density at radius 3 is 2.42 bits per heavy atom. The summed E-state index contributed by atoms with van der Waals surface area (Å²) >= 11 is 17.6. The highest BCUT2D eigenvalue weighted by Crippen LogP contribution is 2.44. The maximum absolute atomic E-state index is 6.52. The lowest BCUT2D eigenvalue weighted by Crippen LogP contribution is -1.98. The second-order valence-electron chi connectivity index (χ2n) is 3.72. The Morgan fingerprint density at radius 1 is 1.21 bits per heavy atom. The molecule has 1 aromatic carbocycles. The molecule has 0 saturated heterocycles. The lowest BCUT2D eigenvalue weighted by molar-refractivity contribution is 0.397. The maximum Gasteiger partial charge on any atom is 0.133 e. The second kappa shape index (κ2) is 6.35. The number of methoxy groups -OCH3 is 2. The molecule has 0 amide bonds. The number of thiophene rings is 1. The van der Waals surface area contributed by atoms with Crippen LogP contribution in [-0.2, 0) is 0 Å². The average molecular weight is 382 g/mol. The van der Waals surface area contributed by atoms with E-state index in [1.54, 1.807) is 14.2 Å². The first-order valence-corrected chi connectivity index (χ1v) is 7.85. The van der Waals surface area contributed by atoms with Gasteiger partial charge >= 0.3 is 0 Å². The number of rotatable bonds is 4. The van der Waals surface area contributed by atoms with Gasteiger partial charge in [0.05, 0.1) is 29.1 Å². The topological polar surface area (TPSA) is 18.5 Å². The van der Waals surface area contributed by atoms with E-state index in [1.807, 2.05) is 23.6 Å². The Hall–Kier alpha value is -0.420. The van der Waals surface area contributed by atoms with Crippen LogP contribution in [0.3, 0.4) is 0 Å². The Balaban J connectivity index is 2.51. The van der Waals surface area contributed by atoms with Gasteiger partial charge in [0.1, 0.15) is 11.5 Å². The standard InChI is InChI=1S/C13H11BrCl2O2S/c1-17-10-6-8(14)11(18-2)5-7(10)12(16)13-9(15)3-4-19-13/h3-6,12H,1-2H3. The van der Waals surface area contributed by atoms with Gasteiger partial charge in [-0.3, -0.25) is 0 Å². The molecule has 1 aromatic heterocycles. The van der Waals surface area contributed by atoms with Crippen molar-refractivity contribution in [3.05, 3.63) is 43.5 Å². The van der Waals surface area contributed by atoms with Crippen molar-refractivity contribution in [3.63, 3.8) is 0 Å². The third-order valence-corrected chi connectivity index (χ3v) is 5.28. The molecule has 19 heavy (non-hydrogen) atoms. The first-order chi connectivity index (χ1) is 9.08. The van der Waals surface area contributed by atoms with Crippen LogP contribution < -0.4 is 9.47 Å². The summed E-state index contributed by atoms with van der Waals surface area (Å²) in [5.41, 5.74) is 0.827. The van der Waals surface area contributed by atoms with Crippen LogP contribution in [0.2, 0.25) is 5.02 Å². The van der Waals surface area contributed by atoms with E-state index in [2.05, 4.69) is 15.9 Å². The van der Waals surface area contributed by atoms with Crippen molar-refractivity contribution in [2.24, 2.45) is 0 Å². The highest BCUT2D eigenvalue weighted by molar-refractivity contribution is 9.10. The molecule has 0 bridgehead atoms. The van der Waals surface area contributed by atoms with Crippen LogP contribution >= 0.6 is 50.5 Å². The molecule has 0 spiro atoms. The highest BCUT2D eigenvalue weighted by Gasteiger charge is 2.21. The van der Waals surface area contributed by atoms with Crippen molar-refractivity contribution in [3.8, 4) is 11.5 Å². The summed E-state index contributed by atoms with van der Waals surface area (Å²) < 4.78 is 11.5. The molecule has 0 aliphatic heterocycles. The predicted octanol–water partition coefficient (Wildman–Crippen LogP) is 5.51. The summed E-state index contributed by atoms with van der Waals surface area (Å²) in [5, 5.41) is 2.20. The zero-order valence-corrected chi connectivity index (χ0v) is 14.2. The van der Waals surface area contributed by atoms with Crippen LogP contribution in [0, 0.1) is 0 Å². The van der Waals surface area contributed by atoms with Gasteiger partial charge in [0, 0.05) is 10.4 Å². The minimum atomic E-state index is -0.371. The first kappa shape index (κ1) is 15.0. The smallest absolute Gasteiger partial charge is 0.133 e. The zero-order valence-electron chi connectivity index (χ0n) is 10.2. The molecule has 0 saturated carbocycles. The second-order valence-corrected chi connectivity index (χ2v) is 6.37. The van der Waals surface area contributed by atoms with Crippen molar-refractivity contribution in [1.29, 1.82) is 0 Å². The normalized spacial score (nSPS) is 12.3. The lowest BCUT2D eigenvalue weighted by atomic mass is 10.1. The summed E-state index contributed by atoms with van der Waals surface area (Å²) in [4.78, 5) is 0.894. The van der Waals surface area contributed by atoms with Crippen molar-refractivity contribution in [2.75, 3.05) is 14.2 Å².